The number of carbonyl (C=O) groups is 1. The van der Waals surface area contributed by atoms with Gasteiger partial charge in [-0.1, -0.05) is 55.3 Å². The molecule has 0 radical (unpaired) electrons. The molecule has 0 bridgehead atoms. The topological polar surface area (TPSA) is 72.7 Å². The molecule has 2 aromatic heterocycles. The van der Waals surface area contributed by atoms with Crippen molar-refractivity contribution in [2.45, 2.75) is 45.2 Å². The zero-order valence-corrected chi connectivity index (χ0v) is 16.1. The van der Waals surface area contributed by atoms with E-state index in [0.29, 0.717) is 18.2 Å². The average Bonchev–Trinajstić information content (AvgIpc) is 3.15. The third kappa shape index (κ3) is 3.96. The molecule has 4 rings (SSSR count). The minimum atomic E-state index is -0.148. The van der Waals surface area contributed by atoms with Crippen molar-refractivity contribution in [1.29, 1.82) is 0 Å². The number of nitrogens with one attached hydrogen (secondary N) is 1. The van der Waals surface area contributed by atoms with Crippen molar-refractivity contribution in [2.75, 3.05) is 0 Å². The van der Waals surface area contributed by atoms with Gasteiger partial charge in [-0.15, -0.1) is 5.10 Å². The second-order valence-corrected chi connectivity index (χ2v) is 7.51. The van der Waals surface area contributed by atoms with Gasteiger partial charge in [0, 0.05) is 24.0 Å². The minimum absolute atomic E-state index is 0.148. The highest BCUT2D eigenvalue weighted by Crippen LogP contribution is 2.26. The first-order valence-electron chi connectivity index (χ1n) is 9.91. The Balaban J connectivity index is 1.66. The summed E-state index contributed by atoms with van der Waals surface area (Å²) in [5.74, 6) is 0.339. The van der Waals surface area contributed by atoms with E-state index in [9.17, 15) is 4.79 Å². The molecule has 2 heterocycles. The largest absolute Gasteiger partial charge is 0.348 e. The summed E-state index contributed by atoms with van der Waals surface area (Å²) in [5.41, 5.74) is 3.10. The SMILES string of the molecule is C[C@@H]1CCCC[C@@H]1NC(=O)c1nnn(Cc2ccccc2)c1-c1ccncc1. The van der Waals surface area contributed by atoms with Gasteiger partial charge in [0.05, 0.1) is 6.54 Å². The van der Waals surface area contributed by atoms with Crippen molar-refractivity contribution in [1.82, 2.24) is 25.3 Å². The molecule has 1 saturated carbocycles. The molecule has 1 aromatic carbocycles. The van der Waals surface area contributed by atoms with E-state index in [1.807, 2.05) is 42.5 Å². The van der Waals surface area contributed by atoms with Gasteiger partial charge in [-0.25, -0.2) is 4.68 Å². The van der Waals surface area contributed by atoms with E-state index < -0.39 is 0 Å². The average molecular weight is 375 g/mol. The predicted molar refractivity (Wildman–Crippen MR) is 108 cm³/mol. The number of hydrogen-bond acceptors (Lipinski definition) is 4. The standard InChI is InChI=1S/C22H25N5O/c1-16-7-5-6-10-19(16)24-22(28)20-21(18-11-13-23-14-12-18)27(26-25-20)15-17-8-3-2-4-9-17/h2-4,8-9,11-14,16,19H,5-7,10,15H2,1H3,(H,24,28)/t16-,19+/m1/s1. The second-order valence-electron chi connectivity index (χ2n) is 7.51. The molecule has 1 fully saturated rings. The Morgan fingerprint density at radius 1 is 1.11 bits per heavy atom. The maximum Gasteiger partial charge on any atom is 0.274 e. The Hall–Kier alpha value is -3.02. The van der Waals surface area contributed by atoms with Crippen LogP contribution >= 0.6 is 0 Å². The van der Waals surface area contributed by atoms with Gasteiger partial charge >= 0.3 is 0 Å². The van der Waals surface area contributed by atoms with Crippen LogP contribution in [0.15, 0.2) is 54.9 Å². The number of pyridine rings is 1. The molecular formula is C22H25N5O. The van der Waals surface area contributed by atoms with Gasteiger partial charge in [0.1, 0.15) is 5.69 Å². The van der Waals surface area contributed by atoms with Gasteiger partial charge < -0.3 is 5.32 Å². The number of amides is 1. The third-order valence-corrected chi connectivity index (χ3v) is 5.51. The summed E-state index contributed by atoms with van der Waals surface area (Å²) >= 11 is 0. The Bertz CT molecular complexity index is 923. The summed E-state index contributed by atoms with van der Waals surface area (Å²) in [6.45, 7) is 2.76. The van der Waals surface area contributed by atoms with Crippen LogP contribution < -0.4 is 5.32 Å². The van der Waals surface area contributed by atoms with Crippen LogP contribution in [0.25, 0.3) is 11.3 Å². The second kappa shape index (κ2) is 8.33. The molecule has 6 heteroatoms. The molecule has 0 saturated heterocycles. The molecule has 144 valence electrons. The van der Waals surface area contributed by atoms with Crippen LogP contribution in [0.5, 0.6) is 0 Å². The molecule has 2 atom stereocenters. The number of carbonyl (C=O) groups excluding carboxylic acids is 1. The van der Waals surface area contributed by atoms with Crippen molar-refractivity contribution in [3.63, 3.8) is 0 Å². The van der Waals surface area contributed by atoms with Gasteiger partial charge in [0.25, 0.3) is 5.91 Å². The van der Waals surface area contributed by atoms with E-state index in [1.165, 1.54) is 6.42 Å². The molecule has 1 aliphatic carbocycles. The zero-order valence-electron chi connectivity index (χ0n) is 16.1. The maximum atomic E-state index is 13.1. The smallest absolute Gasteiger partial charge is 0.274 e. The van der Waals surface area contributed by atoms with E-state index in [1.54, 1.807) is 17.1 Å². The van der Waals surface area contributed by atoms with Gasteiger partial charge in [0.2, 0.25) is 0 Å². The first-order valence-corrected chi connectivity index (χ1v) is 9.91. The molecule has 6 nitrogen and oxygen atoms in total. The van der Waals surface area contributed by atoms with Crippen LogP contribution in [0, 0.1) is 5.92 Å². The number of rotatable bonds is 5. The van der Waals surface area contributed by atoms with Crippen LogP contribution in [0.2, 0.25) is 0 Å². The maximum absolute atomic E-state index is 13.1. The van der Waals surface area contributed by atoms with Gasteiger partial charge in [-0.3, -0.25) is 9.78 Å². The summed E-state index contributed by atoms with van der Waals surface area (Å²) in [6, 6.07) is 14.0. The fraction of sp³-hybridized carbons (Fsp3) is 0.364. The van der Waals surface area contributed by atoms with Crippen molar-refractivity contribution >= 4 is 5.91 Å². The first kappa shape index (κ1) is 18.3. The van der Waals surface area contributed by atoms with Crippen molar-refractivity contribution in [3.8, 4) is 11.3 Å². The normalized spacial score (nSPS) is 19.3. The Morgan fingerprint density at radius 3 is 2.61 bits per heavy atom. The number of hydrogen-bond donors (Lipinski definition) is 1. The van der Waals surface area contributed by atoms with Gasteiger partial charge in [0.15, 0.2) is 5.69 Å². The Labute approximate surface area is 165 Å². The molecule has 0 aliphatic heterocycles. The summed E-state index contributed by atoms with van der Waals surface area (Å²) in [5, 5.41) is 11.8. The van der Waals surface area contributed by atoms with Crippen molar-refractivity contribution in [2.24, 2.45) is 5.92 Å². The lowest BCUT2D eigenvalue weighted by atomic mass is 9.86. The lowest BCUT2D eigenvalue weighted by molar-refractivity contribution is 0.0906. The molecule has 1 N–H and O–H groups in total. The van der Waals surface area contributed by atoms with Gasteiger partial charge in [-0.05, 0) is 36.5 Å². The van der Waals surface area contributed by atoms with Gasteiger partial charge in [-0.2, -0.15) is 0 Å². The van der Waals surface area contributed by atoms with E-state index in [0.717, 1.165) is 36.1 Å². The fourth-order valence-corrected chi connectivity index (χ4v) is 3.90. The molecule has 1 amide bonds. The monoisotopic (exact) mass is 375 g/mol. The summed E-state index contributed by atoms with van der Waals surface area (Å²) in [7, 11) is 0. The fourth-order valence-electron chi connectivity index (χ4n) is 3.90. The minimum Gasteiger partial charge on any atom is -0.348 e. The molecule has 0 spiro atoms. The molecule has 0 unspecified atom stereocenters. The highest BCUT2D eigenvalue weighted by molar-refractivity contribution is 5.98. The van der Waals surface area contributed by atoms with Crippen LogP contribution in [-0.2, 0) is 6.54 Å². The molecular weight excluding hydrogens is 350 g/mol. The summed E-state index contributed by atoms with van der Waals surface area (Å²) < 4.78 is 1.80. The zero-order chi connectivity index (χ0) is 19.3. The third-order valence-electron chi connectivity index (χ3n) is 5.51. The number of benzene rings is 1. The lowest BCUT2D eigenvalue weighted by Gasteiger charge is -2.29. The van der Waals surface area contributed by atoms with E-state index in [2.05, 4.69) is 27.5 Å². The molecule has 1 aliphatic rings. The summed E-state index contributed by atoms with van der Waals surface area (Å²) in [4.78, 5) is 17.2. The van der Waals surface area contributed by atoms with Crippen LogP contribution in [-0.4, -0.2) is 31.9 Å². The first-order chi connectivity index (χ1) is 13.7. The Morgan fingerprint density at radius 2 is 1.86 bits per heavy atom. The quantitative estimate of drug-likeness (QED) is 0.738. The van der Waals surface area contributed by atoms with Crippen molar-refractivity contribution < 1.29 is 4.79 Å². The van der Waals surface area contributed by atoms with Crippen LogP contribution in [0.4, 0.5) is 0 Å². The molecule has 28 heavy (non-hydrogen) atoms. The lowest BCUT2D eigenvalue weighted by Crippen LogP contribution is -2.41. The predicted octanol–water partition coefficient (Wildman–Crippen LogP) is 3.70. The number of nitrogens with zero attached hydrogens (tertiary/aromatic N) is 4. The van der Waals surface area contributed by atoms with Crippen LogP contribution in [0.3, 0.4) is 0 Å². The van der Waals surface area contributed by atoms with E-state index >= 15 is 0 Å². The van der Waals surface area contributed by atoms with Crippen LogP contribution in [0.1, 0.15) is 48.7 Å². The molecule has 3 aromatic rings. The highest BCUT2D eigenvalue weighted by Gasteiger charge is 2.27. The van der Waals surface area contributed by atoms with E-state index in [4.69, 9.17) is 0 Å². The van der Waals surface area contributed by atoms with E-state index in [-0.39, 0.29) is 11.9 Å². The highest BCUT2D eigenvalue weighted by atomic mass is 16.2. The number of aromatic nitrogens is 4. The summed E-state index contributed by atoms with van der Waals surface area (Å²) in [6.07, 6.45) is 8.02. The Kier molecular flexibility index (Phi) is 5.46. The van der Waals surface area contributed by atoms with Crippen molar-refractivity contribution in [3.05, 3.63) is 66.1 Å².